The maximum atomic E-state index is 13.5. The lowest BCUT2D eigenvalue weighted by Crippen LogP contribution is -2.07. The SMILES string of the molecule is CNc1nc(NCc2nc(C)c(C)o2)c(F)cc1F. The van der Waals surface area contributed by atoms with Gasteiger partial charge in [-0.3, -0.25) is 0 Å². The second kappa shape index (κ2) is 5.21. The molecule has 2 heterocycles. The van der Waals surface area contributed by atoms with Gasteiger partial charge in [-0.1, -0.05) is 0 Å². The van der Waals surface area contributed by atoms with E-state index in [1.165, 1.54) is 7.05 Å². The molecule has 0 fully saturated rings. The summed E-state index contributed by atoms with van der Waals surface area (Å²) in [6, 6.07) is 0.771. The van der Waals surface area contributed by atoms with Crippen LogP contribution in [0.1, 0.15) is 17.3 Å². The summed E-state index contributed by atoms with van der Waals surface area (Å²) >= 11 is 0. The van der Waals surface area contributed by atoms with E-state index in [4.69, 9.17) is 4.42 Å². The van der Waals surface area contributed by atoms with E-state index < -0.39 is 11.6 Å². The van der Waals surface area contributed by atoms with Crippen LogP contribution in [0.4, 0.5) is 20.4 Å². The van der Waals surface area contributed by atoms with E-state index in [2.05, 4.69) is 20.6 Å². The molecule has 7 heteroatoms. The van der Waals surface area contributed by atoms with Crippen LogP contribution in [0.25, 0.3) is 0 Å². The van der Waals surface area contributed by atoms with Gasteiger partial charge in [0, 0.05) is 13.1 Å². The lowest BCUT2D eigenvalue weighted by Gasteiger charge is -2.07. The molecule has 2 rings (SSSR count). The minimum atomic E-state index is -0.767. The number of aryl methyl sites for hydroxylation is 2. The number of hydrogen-bond acceptors (Lipinski definition) is 5. The van der Waals surface area contributed by atoms with E-state index in [-0.39, 0.29) is 18.2 Å². The summed E-state index contributed by atoms with van der Waals surface area (Å²) in [6.45, 7) is 3.78. The Labute approximate surface area is 109 Å². The van der Waals surface area contributed by atoms with Crippen LogP contribution in [0, 0.1) is 25.5 Å². The maximum absolute atomic E-state index is 13.5. The molecule has 5 nitrogen and oxygen atoms in total. The molecule has 0 radical (unpaired) electrons. The molecule has 0 aromatic carbocycles. The summed E-state index contributed by atoms with van der Waals surface area (Å²) < 4.78 is 32.1. The third-order valence-corrected chi connectivity index (χ3v) is 2.65. The van der Waals surface area contributed by atoms with Crippen LogP contribution < -0.4 is 10.6 Å². The van der Waals surface area contributed by atoms with Crippen LogP contribution in [0.3, 0.4) is 0 Å². The van der Waals surface area contributed by atoms with Crippen molar-refractivity contribution >= 4 is 11.6 Å². The van der Waals surface area contributed by atoms with Gasteiger partial charge in [0.1, 0.15) is 5.76 Å². The number of nitrogens with zero attached hydrogens (tertiary/aromatic N) is 2. The highest BCUT2D eigenvalue weighted by molar-refractivity contribution is 5.47. The summed E-state index contributed by atoms with van der Waals surface area (Å²) in [5.41, 5.74) is 0.778. The number of nitrogens with one attached hydrogen (secondary N) is 2. The van der Waals surface area contributed by atoms with Crippen LogP contribution in [0.5, 0.6) is 0 Å². The van der Waals surface area contributed by atoms with E-state index in [9.17, 15) is 8.78 Å². The molecule has 0 saturated heterocycles. The number of pyridine rings is 1. The monoisotopic (exact) mass is 268 g/mol. The van der Waals surface area contributed by atoms with Gasteiger partial charge in [-0.05, 0) is 13.8 Å². The Balaban J connectivity index is 2.15. The Morgan fingerprint density at radius 3 is 2.42 bits per heavy atom. The highest BCUT2D eigenvalue weighted by atomic mass is 19.1. The predicted octanol–water partition coefficient (Wildman–Crippen LogP) is 2.62. The molecule has 0 unspecified atom stereocenters. The van der Waals surface area contributed by atoms with Crippen LogP contribution in [-0.2, 0) is 6.54 Å². The van der Waals surface area contributed by atoms with Gasteiger partial charge in [-0.25, -0.2) is 18.7 Å². The average molecular weight is 268 g/mol. The van der Waals surface area contributed by atoms with Gasteiger partial charge in [-0.15, -0.1) is 0 Å². The highest BCUT2D eigenvalue weighted by Gasteiger charge is 2.12. The first-order valence-corrected chi connectivity index (χ1v) is 5.72. The molecule has 0 amide bonds. The van der Waals surface area contributed by atoms with Crippen molar-refractivity contribution in [1.82, 2.24) is 9.97 Å². The molecule has 0 aliphatic rings. The van der Waals surface area contributed by atoms with Crippen LogP contribution >= 0.6 is 0 Å². The van der Waals surface area contributed by atoms with Crippen molar-refractivity contribution < 1.29 is 13.2 Å². The zero-order valence-electron chi connectivity index (χ0n) is 10.8. The number of oxazole rings is 1. The fourth-order valence-electron chi connectivity index (χ4n) is 1.54. The molecule has 2 aromatic heterocycles. The number of halogens is 2. The van der Waals surface area contributed by atoms with Crippen LogP contribution in [0.2, 0.25) is 0 Å². The molecule has 2 N–H and O–H groups in total. The molecule has 0 spiro atoms. The Morgan fingerprint density at radius 1 is 1.16 bits per heavy atom. The number of hydrogen-bond donors (Lipinski definition) is 2. The van der Waals surface area contributed by atoms with E-state index in [1.54, 1.807) is 6.92 Å². The molecule has 0 bridgehead atoms. The molecule has 0 aliphatic carbocycles. The summed E-state index contributed by atoms with van der Waals surface area (Å²) in [6.07, 6.45) is 0. The zero-order chi connectivity index (χ0) is 14.0. The normalized spacial score (nSPS) is 10.6. The Morgan fingerprint density at radius 2 is 1.84 bits per heavy atom. The van der Waals surface area contributed by atoms with E-state index in [0.29, 0.717) is 11.7 Å². The summed E-state index contributed by atoms with van der Waals surface area (Å²) in [7, 11) is 1.51. The van der Waals surface area contributed by atoms with E-state index in [0.717, 1.165) is 11.8 Å². The second-order valence-electron chi connectivity index (χ2n) is 4.00. The van der Waals surface area contributed by atoms with Crippen molar-refractivity contribution in [3.8, 4) is 0 Å². The first-order chi connectivity index (χ1) is 9.01. The third-order valence-electron chi connectivity index (χ3n) is 2.65. The minimum absolute atomic E-state index is 0.0244. The number of rotatable bonds is 4. The second-order valence-corrected chi connectivity index (χ2v) is 4.00. The van der Waals surface area contributed by atoms with Gasteiger partial charge in [0.05, 0.1) is 12.2 Å². The smallest absolute Gasteiger partial charge is 0.213 e. The van der Waals surface area contributed by atoms with Crippen molar-refractivity contribution in [3.05, 3.63) is 35.0 Å². The van der Waals surface area contributed by atoms with Crippen molar-refractivity contribution in [2.75, 3.05) is 17.7 Å². The molecule has 0 aliphatic heterocycles. The lowest BCUT2D eigenvalue weighted by molar-refractivity contribution is 0.477. The molecule has 2 aromatic rings. The Kier molecular flexibility index (Phi) is 3.64. The summed E-state index contributed by atoms with van der Waals surface area (Å²) in [4.78, 5) is 7.94. The largest absolute Gasteiger partial charge is 0.444 e. The van der Waals surface area contributed by atoms with Gasteiger partial charge >= 0.3 is 0 Å². The molecule has 0 saturated carbocycles. The quantitative estimate of drug-likeness (QED) is 0.892. The first-order valence-electron chi connectivity index (χ1n) is 5.72. The van der Waals surface area contributed by atoms with Crippen molar-refractivity contribution in [3.63, 3.8) is 0 Å². The average Bonchev–Trinajstić information content (AvgIpc) is 2.68. The zero-order valence-corrected chi connectivity index (χ0v) is 10.8. The first kappa shape index (κ1) is 13.3. The van der Waals surface area contributed by atoms with Gasteiger partial charge in [-0.2, -0.15) is 0 Å². The highest BCUT2D eigenvalue weighted by Crippen LogP contribution is 2.19. The van der Waals surface area contributed by atoms with Gasteiger partial charge < -0.3 is 15.1 Å². The van der Waals surface area contributed by atoms with E-state index in [1.807, 2.05) is 6.92 Å². The molecular formula is C12H14F2N4O. The van der Waals surface area contributed by atoms with Crippen molar-refractivity contribution in [2.45, 2.75) is 20.4 Å². The summed E-state index contributed by atoms with van der Waals surface area (Å²) in [5.74, 6) is -0.459. The predicted molar refractivity (Wildman–Crippen MR) is 67.0 cm³/mol. The Hall–Kier alpha value is -2.18. The standard InChI is InChI=1S/C12H14F2N4O/c1-6-7(2)19-10(17-6)5-16-12-9(14)4-8(13)11(15-3)18-12/h4H,5H2,1-3H3,(H2,15,16,18). The van der Waals surface area contributed by atoms with Gasteiger partial charge in [0.2, 0.25) is 5.89 Å². The van der Waals surface area contributed by atoms with Crippen LogP contribution in [-0.4, -0.2) is 17.0 Å². The molecule has 0 atom stereocenters. The summed E-state index contributed by atoms with van der Waals surface area (Å²) in [5, 5.41) is 5.27. The molecule has 19 heavy (non-hydrogen) atoms. The minimum Gasteiger partial charge on any atom is -0.444 e. The fourth-order valence-corrected chi connectivity index (χ4v) is 1.54. The Bertz CT molecular complexity index is 578. The van der Waals surface area contributed by atoms with Crippen molar-refractivity contribution in [1.29, 1.82) is 0 Å². The third kappa shape index (κ3) is 2.81. The van der Waals surface area contributed by atoms with Gasteiger partial charge in [0.15, 0.2) is 23.3 Å². The fraction of sp³-hybridized carbons (Fsp3) is 0.333. The maximum Gasteiger partial charge on any atom is 0.213 e. The lowest BCUT2D eigenvalue weighted by atomic mass is 10.4. The van der Waals surface area contributed by atoms with Gasteiger partial charge in [0.25, 0.3) is 0 Å². The van der Waals surface area contributed by atoms with Crippen molar-refractivity contribution in [2.24, 2.45) is 0 Å². The molecular weight excluding hydrogens is 254 g/mol. The van der Waals surface area contributed by atoms with Crippen LogP contribution in [0.15, 0.2) is 10.5 Å². The van der Waals surface area contributed by atoms with E-state index >= 15 is 0 Å². The topological polar surface area (TPSA) is 63.0 Å². The molecule has 102 valence electrons. The number of aromatic nitrogens is 2. The number of anilines is 2.